The van der Waals surface area contributed by atoms with Gasteiger partial charge < -0.3 is 0 Å². The topological polar surface area (TPSA) is 0 Å². The highest BCUT2D eigenvalue weighted by atomic mass is 28.3. The summed E-state index contributed by atoms with van der Waals surface area (Å²) in [6.45, 7) is 7.92. The van der Waals surface area contributed by atoms with E-state index < -0.39 is 19.4 Å². The zero-order valence-corrected chi connectivity index (χ0v) is 7.34. The van der Waals surface area contributed by atoms with Crippen molar-refractivity contribution < 1.29 is 13.2 Å². The van der Waals surface area contributed by atoms with Crippen molar-refractivity contribution in [1.29, 1.82) is 0 Å². The molecular weight excluding hydrogens is 157 g/mol. The minimum absolute atomic E-state index is 0.542. The van der Waals surface area contributed by atoms with E-state index in [0.29, 0.717) is 0 Å². The summed E-state index contributed by atoms with van der Waals surface area (Å²) in [5.74, 6) is 0. The van der Waals surface area contributed by atoms with Gasteiger partial charge in [-0.1, -0.05) is 26.2 Å². The maximum absolute atomic E-state index is 11.9. The Bertz CT molecular complexity index is 124. The van der Waals surface area contributed by atoms with Gasteiger partial charge in [-0.2, -0.15) is 13.2 Å². The first kappa shape index (κ1) is 9.75. The zero-order chi connectivity index (χ0) is 8.58. The van der Waals surface area contributed by atoms with Gasteiger partial charge in [-0.15, -0.1) is 0 Å². The fraction of sp³-hybridized carbons (Fsp3) is 0.667. The Morgan fingerprint density at radius 1 is 1.20 bits per heavy atom. The van der Waals surface area contributed by atoms with Crippen molar-refractivity contribution in [3.63, 3.8) is 0 Å². The van der Waals surface area contributed by atoms with E-state index in [0.717, 1.165) is 0 Å². The van der Waals surface area contributed by atoms with E-state index in [-0.39, 0.29) is 0 Å². The van der Waals surface area contributed by atoms with E-state index in [2.05, 4.69) is 6.58 Å². The van der Waals surface area contributed by atoms with Crippen LogP contribution in [0.4, 0.5) is 13.2 Å². The molecular formula is C6H11F3Si. The van der Waals surface area contributed by atoms with E-state index in [1.54, 1.807) is 19.6 Å². The second-order valence-corrected chi connectivity index (χ2v) is 8.33. The Balaban J connectivity index is 4.40. The van der Waals surface area contributed by atoms with Crippen LogP contribution in [-0.2, 0) is 0 Å². The molecule has 0 aliphatic rings. The van der Waals surface area contributed by atoms with Crippen LogP contribution in [0.5, 0.6) is 0 Å². The predicted octanol–water partition coefficient (Wildman–Crippen LogP) is 2.98. The van der Waals surface area contributed by atoms with Crippen LogP contribution in [0.1, 0.15) is 0 Å². The van der Waals surface area contributed by atoms with Gasteiger partial charge in [0, 0.05) is 5.20 Å². The van der Waals surface area contributed by atoms with E-state index in [4.69, 9.17) is 0 Å². The zero-order valence-electron chi connectivity index (χ0n) is 6.34. The molecule has 0 atom stereocenters. The second kappa shape index (κ2) is 2.41. The molecule has 0 fully saturated rings. The van der Waals surface area contributed by atoms with E-state index in [1.165, 1.54) is 0 Å². The fourth-order valence-electron chi connectivity index (χ4n) is 0.425. The molecule has 0 aromatic rings. The summed E-state index contributed by atoms with van der Waals surface area (Å²) in [6.07, 6.45) is -4.19. The van der Waals surface area contributed by atoms with Gasteiger partial charge in [0.15, 0.2) is 0 Å². The molecule has 4 heteroatoms. The number of allylic oxidation sites excluding steroid dienone is 1. The number of rotatable bonds is 1. The molecule has 10 heavy (non-hydrogen) atoms. The summed E-state index contributed by atoms with van der Waals surface area (Å²) in [5.41, 5.74) is 0. The highest BCUT2D eigenvalue weighted by Crippen LogP contribution is 2.30. The first-order valence-corrected chi connectivity index (χ1v) is 6.42. The molecule has 0 aromatic heterocycles. The normalized spacial score (nSPS) is 13.4. The molecule has 0 saturated carbocycles. The van der Waals surface area contributed by atoms with Gasteiger partial charge in [0.2, 0.25) is 0 Å². The van der Waals surface area contributed by atoms with Gasteiger partial charge >= 0.3 is 6.18 Å². The van der Waals surface area contributed by atoms with Gasteiger partial charge in [-0.3, -0.25) is 0 Å². The van der Waals surface area contributed by atoms with Crippen molar-refractivity contribution in [2.75, 3.05) is 0 Å². The molecule has 0 radical (unpaired) electrons. The lowest BCUT2D eigenvalue weighted by Crippen LogP contribution is -2.32. The molecule has 0 rings (SSSR count). The van der Waals surface area contributed by atoms with Crippen molar-refractivity contribution in [1.82, 2.24) is 0 Å². The smallest absolute Gasteiger partial charge is 0.167 e. The Morgan fingerprint density at radius 2 is 1.50 bits per heavy atom. The van der Waals surface area contributed by atoms with Gasteiger partial charge in [0.05, 0.1) is 8.07 Å². The highest BCUT2D eigenvalue weighted by Gasteiger charge is 2.39. The number of hydrogen-bond acceptors (Lipinski definition) is 0. The monoisotopic (exact) mass is 168 g/mol. The summed E-state index contributed by atoms with van der Waals surface area (Å²) < 4.78 is 35.6. The van der Waals surface area contributed by atoms with Crippen molar-refractivity contribution >= 4 is 8.07 Å². The number of alkyl halides is 3. The highest BCUT2D eigenvalue weighted by molar-refractivity contribution is 6.83. The lowest BCUT2D eigenvalue weighted by molar-refractivity contribution is -0.0853. The van der Waals surface area contributed by atoms with Crippen LogP contribution in [0.3, 0.4) is 0 Å². The van der Waals surface area contributed by atoms with Crippen molar-refractivity contribution in [3.8, 4) is 0 Å². The Labute approximate surface area is 59.8 Å². The third-order valence-corrected chi connectivity index (χ3v) is 3.34. The average Bonchev–Trinajstić information content (AvgIpc) is 1.59. The fourth-order valence-corrected chi connectivity index (χ4v) is 1.28. The second-order valence-electron chi connectivity index (χ2n) is 3.23. The van der Waals surface area contributed by atoms with Crippen LogP contribution in [-0.4, -0.2) is 14.3 Å². The largest absolute Gasteiger partial charge is 0.408 e. The van der Waals surface area contributed by atoms with Crippen LogP contribution in [0.15, 0.2) is 11.8 Å². The van der Waals surface area contributed by atoms with E-state index >= 15 is 0 Å². The van der Waals surface area contributed by atoms with Gasteiger partial charge in [0.25, 0.3) is 0 Å². The van der Waals surface area contributed by atoms with Crippen LogP contribution in [0, 0.1) is 0 Å². The van der Waals surface area contributed by atoms with Crippen LogP contribution < -0.4 is 0 Å². The van der Waals surface area contributed by atoms with E-state index in [9.17, 15) is 13.2 Å². The Hall–Kier alpha value is -0.253. The molecule has 0 saturated heterocycles. The van der Waals surface area contributed by atoms with Crippen LogP contribution in [0.2, 0.25) is 19.6 Å². The molecule has 0 nitrogen and oxygen atoms in total. The predicted molar refractivity (Wildman–Crippen MR) is 38.5 cm³/mol. The van der Waals surface area contributed by atoms with Gasteiger partial charge in [0.1, 0.15) is 0 Å². The lowest BCUT2D eigenvalue weighted by Gasteiger charge is -2.21. The standard InChI is InChI=1S/C6H11F3Si/c1-5(6(7,8)9)10(2,3)4/h1H2,2-4H3. The molecule has 0 aliphatic carbocycles. The van der Waals surface area contributed by atoms with Crippen LogP contribution >= 0.6 is 0 Å². The molecule has 0 aromatic carbocycles. The first-order valence-electron chi connectivity index (χ1n) is 2.92. The molecule has 0 amide bonds. The van der Waals surface area contributed by atoms with Crippen molar-refractivity contribution in [2.24, 2.45) is 0 Å². The van der Waals surface area contributed by atoms with Gasteiger partial charge in [-0.25, -0.2) is 0 Å². The molecule has 0 aliphatic heterocycles. The number of halogens is 3. The summed E-state index contributed by atoms with van der Waals surface area (Å²) >= 11 is 0. The molecule has 0 spiro atoms. The summed E-state index contributed by atoms with van der Waals surface area (Å²) in [4.78, 5) is 0. The Kier molecular flexibility index (Phi) is 2.35. The first-order chi connectivity index (χ1) is 4.15. The number of hydrogen-bond donors (Lipinski definition) is 0. The Morgan fingerprint density at radius 3 is 1.50 bits per heavy atom. The van der Waals surface area contributed by atoms with Crippen molar-refractivity contribution in [3.05, 3.63) is 11.8 Å². The summed E-state index contributed by atoms with van der Waals surface area (Å²) in [6, 6.07) is 0. The lowest BCUT2D eigenvalue weighted by atomic mass is 10.6. The molecule has 0 heterocycles. The summed E-state index contributed by atoms with van der Waals surface area (Å²) in [5, 5.41) is -0.542. The quantitative estimate of drug-likeness (QED) is 0.528. The summed E-state index contributed by atoms with van der Waals surface area (Å²) in [7, 11) is -2.22. The maximum Gasteiger partial charge on any atom is 0.408 e. The molecule has 0 N–H and O–H groups in total. The van der Waals surface area contributed by atoms with Gasteiger partial charge in [-0.05, 0) is 0 Å². The van der Waals surface area contributed by atoms with E-state index in [1.807, 2.05) is 0 Å². The third kappa shape index (κ3) is 2.56. The van der Waals surface area contributed by atoms with Crippen molar-refractivity contribution in [2.45, 2.75) is 25.8 Å². The maximum atomic E-state index is 11.9. The molecule has 0 bridgehead atoms. The SMILES string of the molecule is C=C(C(F)(F)F)[Si](C)(C)C. The third-order valence-electron chi connectivity index (χ3n) is 1.25. The minimum atomic E-state index is -4.19. The molecule has 0 unspecified atom stereocenters. The minimum Gasteiger partial charge on any atom is -0.167 e. The molecule has 60 valence electrons. The van der Waals surface area contributed by atoms with Crippen LogP contribution in [0.25, 0.3) is 0 Å². The average molecular weight is 168 g/mol.